The molecule has 0 unspecified atom stereocenters. The van der Waals surface area contributed by atoms with Crippen molar-refractivity contribution in [1.82, 2.24) is 24.5 Å². The molecule has 142 valence electrons. The molecule has 3 aromatic heterocycles. The Morgan fingerprint density at radius 1 is 1.14 bits per heavy atom. The van der Waals surface area contributed by atoms with Crippen LogP contribution in [-0.4, -0.2) is 37.6 Å². The summed E-state index contributed by atoms with van der Waals surface area (Å²) < 4.78 is 7.13. The summed E-state index contributed by atoms with van der Waals surface area (Å²) in [6, 6.07) is 10.3. The number of hydrogen-bond acceptors (Lipinski definition) is 6. The average molecular weight is 392 g/mol. The number of fused-ring (bicyclic) bond motifs is 1. The molecule has 8 heteroatoms. The molecule has 0 bridgehead atoms. The van der Waals surface area contributed by atoms with Gasteiger partial charge >= 0.3 is 0 Å². The van der Waals surface area contributed by atoms with E-state index in [4.69, 9.17) is 0 Å². The Morgan fingerprint density at radius 2 is 2.04 bits per heavy atom. The summed E-state index contributed by atoms with van der Waals surface area (Å²) in [4.78, 5) is 7.86. The highest BCUT2D eigenvalue weighted by Gasteiger charge is 2.23. The van der Waals surface area contributed by atoms with Gasteiger partial charge in [0.05, 0.1) is 28.5 Å². The Balaban J connectivity index is 1.33. The second kappa shape index (κ2) is 6.87. The van der Waals surface area contributed by atoms with Crippen LogP contribution in [0, 0.1) is 5.92 Å². The lowest BCUT2D eigenvalue weighted by Gasteiger charge is -2.39. The van der Waals surface area contributed by atoms with Gasteiger partial charge in [0.15, 0.2) is 5.82 Å². The lowest BCUT2D eigenvalue weighted by atomic mass is 10.0. The Kier molecular flexibility index (Phi) is 4.20. The number of aromatic nitrogens is 5. The van der Waals surface area contributed by atoms with Gasteiger partial charge in [0.25, 0.3) is 0 Å². The van der Waals surface area contributed by atoms with Crippen LogP contribution >= 0.6 is 11.9 Å². The molecule has 0 spiro atoms. The van der Waals surface area contributed by atoms with Gasteiger partial charge in [-0.1, -0.05) is 19.1 Å². The zero-order valence-electron chi connectivity index (χ0n) is 15.8. The van der Waals surface area contributed by atoms with Crippen molar-refractivity contribution in [2.45, 2.75) is 11.8 Å². The molecule has 1 fully saturated rings. The molecule has 5 rings (SSSR count). The van der Waals surface area contributed by atoms with E-state index in [2.05, 4.69) is 56.0 Å². The molecule has 7 nitrogen and oxygen atoms in total. The monoisotopic (exact) mass is 391 g/mol. The molecule has 4 heterocycles. The molecule has 4 aromatic rings. The van der Waals surface area contributed by atoms with Gasteiger partial charge in [-0.15, -0.1) is 0 Å². The summed E-state index contributed by atoms with van der Waals surface area (Å²) >= 11 is 1.53. The van der Waals surface area contributed by atoms with E-state index in [0.29, 0.717) is 0 Å². The third-order valence-corrected chi connectivity index (χ3v) is 5.76. The number of rotatable bonds is 5. The minimum Gasteiger partial charge on any atom is -0.371 e. The molecule has 1 aliphatic rings. The smallest absolute Gasteiger partial charge is 0.155 e. The van der Waals surface area contributed by atoms with Crippen LogP contribution in [-0.2, 0) is 7.05 Å². The minimum absolute atomic E-state index is 0.763. The molecular weight excluding hydrogens is 370 g/mol. The Hall–Kier alpha value is -3.00. The van der Waals surface area contributed by atoms with Crippen LogP contribution < -0.4 is 9.62 Å². The summed E-state index contributed by atoms with van der Waals surface area (Å²) in [5.74, 6) is 1.59. The van der Waals surface area contributed by atoms with Crippen molar-refractivity contribution in [2.24, 2.45) is 13.0 Å². The van der Waals surface area contributed by atoms with E-state index in [1.54, 1.807) is 0 Å². The number of nitrogens with zero attached hydrogens (tertiary/aromatic N) is 6. The maximum atomic E-state index is 4.49. The van der Waals surface area contributed by atoms with Crippen molar-refractivity contribution in [2.75, 3.05) is 22.7 Å². The Bertz CT molecular complexity index is 1130. The topological polar surface area (TPSA) is 63.8 Å². The van der Waals surface area contributed by atoms with Gasteiger partial charge in [-0.2, -0.15) is 10.2 Å². The van der Waals surface area contributed by atoms with E-state index in [1.807, 2.05) is 47.3 Å². The molecule has 0 atom stereocenters. The molecule has 0 aliphatic carbocycles. The van der Waals surface area contributed by atoms with Crippen LogP contribution in [0.5, 0.6) is 0 Å². The quantitative estimate of drug-likeness (QED) is 0.523. The lowest BCUT2D eigenvalue weighted by Crippen LogP contribution is -2.45. The van der Waals surface area contributed by atoms with Gasteiger partial charge in [0, 0.05) is 49.7 Å². The van der Waals surface area contributed by atoms with Crippen LogP contribution in [0.1, 0.15) is 6.92 Å². The maximum Gasteiger partial charge on any atom is 0.155 e. The van der Waals surface area contributed by atoms with Crippen molar-refractivity contribution >= 4 is 34.2 Å². The van der Waals surface area contributed by atoms with Crippen LogP contribution in [0.15, 0.2) is 60.0 Å². The van der Waals surface area contributed by atoms with Gasteiger partial charge < -0.3 is 9.62 Å². The number of anilines is 2. The fraction of sp³-hybridized carbons (Fsp3) is 0.250. The van der Waals surface area contributed by atoms with E-state index >= 15 is 0 Å². The third-order valence-electron chi connectivity index (χ3n) is 4.99. The molecule has 0 saturated carbocycles. The van der Waals surface area contributed by atoms with Gasteiger partial charge in [-0.3, -0.25) is 4.68 Å². The zero-order valence-corrected chi connectivity index (χ0v) is 16.6. The second-order valence-electron chi connectivity index (χ2n) is 7.22. The fourth-order valence-electron chi connectivity index (χ4n) is 3.55. The number of nitrogens with one attached hydrogen (secondary N) is 1. The summed E-state index contributed by atoms with van der Waals surface area (Å²) in [5.41, 5.74) is 3.32. The first-order chi connectivity index (χ1) is 13.7. The van der Waals surface area contributed by atoms with Crippen LogP contribution in [0.4, 0.5) is 11.4 Å². The van der Waals surface area contributed by atoms with Crippen molar-refractivity contribution < 1.29 is 0 Å². The Morgan fingerprint density at radius 3 is 2.89 bits per heavy atom. The third kappa shape index (κ3) is 3.09. The first kappa shape index (κ1) is 17.1. The zero-order chi connectivity index (χ0) is 19.1. The molecule has 1 aromatic carbocycles. The molecule has 1 aliphatic heterocycles. The van der Waals surface area contributed by atoms with Crippen LogP contribution in [0.3, 0.4) is 0 Å². The standard InChI is InChI=1S/C20H21N7S/c1-14-11-26(12-14)16-6-7-21-19(8-16)27-13-17(10-23-27)28-24-18-5-3-4-15-9-22-25(2)20(15)18/h3-10,13-14,24H,11-12H2,1-2H3. The largest absolute Gasteiger partial charge is 0.371 e. The van der Waals surface area contributed by atoms with Crippen LogP contribution in [0.2, 0.25) is 0 Å². The number of benzene rings is 1. The van der Waals surface area contributed by atoms with E-state index in [0.717, 1.165) is 46.3 Å². The average Bonchev–Trinajstić information content (AvgIpc) is 3.31. The van der Waals surface area contributed by atoms with Crippen LogP contribution in [0.25, 0.3) is 16.7 Å². The molecule has 1 N–H and O–H groups in total. The molecule has 0 radical (unpaired) electrons. The number of hydrogen-bond donors (Lipinski definition) is 1. The molecular formula is C20H21N7S. The van der Waals surface area contributed by atoms with Crippen molar-refractivity contribution in [3.63, 3.8) is 0 Å². The summed E-state index contributed by atoms with van der Waals surface area (Å²) in [6.07, 6.45) is 7.57. The maximum absolute atomic E-state index is 4.49. The number of pyridine rings is 1. The van der Waals surface area contributed by atoms with E-state index in [-0.39, 0.29) is 0 Å². The van der Waals surface area contributed by atoms with Gasteiger partial charge in [-0.05, 0) is 30.0 Å². The summed E-state index contributed by atoms with van der Waals surface area (Å²) in [5, 5.41) is 9.93. The summed E-state index contributed by atoms with van der Waals surface area (Å²) in [6.45, 7) is 4.48. The minimum atomic E-state index is 0.763. The van der Waals surface area contributed by atoms with Crippen molar-refractivity contribution in [3.8, 4) is 5.82 Å². The lowest BCUT2D eigenvalue weighted by molar-refractivity contribution is 0.447. The van der Waals surface area contributed by atoms with Gasteiger partial charge in [-0.25, -0.2) is 9.67 Å². The highest BCUT2D eigenvalue weighted by Crippen LogP contribution is 2.28. The number of aryl methyl sites for hydroxylation is 1. The fourth-order valence-corrected chi connectivity index (χ4v) is 4.20. The first-order valence-corrected chi connectivity index (χ1v) is 10.1. The molecule has 28 heavy (non-hydrogen) atoms. The number of para-hydroxylation sites is 1. The molecule has 1 saturated heterocycles. The van der Waals surface area contributed by atoms with E-state index < -0.39 is 0 Å². The first-order valence-electron chi connectivity index (χ1n) is 9.27. The van der Waals surface area contributed by atoms with E-state index in [1.165, 1.54) is 17.6 Å². The summed E-state index contributed by atoms with van der Waals surface area (Å²) in [7, 11) is 1.95. The normalized spacial score (nSPS) is 14.4. The molecule has 0 amide bonds. The predicted molar refractivity (Wildman–Crippen MR) is 113 cm³/mol. The highest BCUT2D eigenvalue weighted by atomic mass is 32.2. The van der Waals surface area contributed by atoms with Gasteiger partial charge in [0.2, 0.25) is 0 Å². The van der Waals surface area contributed by atoms with E-state index in [9.17, 15) is 0 Å². The van der Waals surface area contributed by atoms with Crippen molar-refractivity contribution in [1.29, 1.82) is 0 Å². The highest BCUT2D eigenvalue weighted by molar-refractivity contribution is 8.00. The van der Waals surface area contributed by atoms with Crippen molar-refractivity contribution in [3.05, 3.63) is 55.1 Å². The predicted octanol–water partition coefficient (Wildman–Crippen LogP) is 3.73. The van der Waals surface area contributed by atoms with Gasteiger partial charge in [0.1, 0.15) is 0 Å². The Labute approximate surface area is 167 Å². The second-order valence-corrected chi connectivity index (χ2v) is 8.10. The SMILES string of the molecule is CC1CN(c2ccnc(-n3cc(SNc4cccc5cnn(C)c45)cn3)c2)C1.